The lowest BCUT2D eigenvalue weighted by Crippen LogP contribution is -2.54. The van der Waals surface area contributed by atoms with Gasteiger partial charge in [-0.2, -0.15) is 0 Å². The number of rotatable bonds is 8. The molecule has 3 aromatic carbocycles. The minimum Gasteiger partial charge on any atom is -0.484 e. The van der Waals surface area contributed by atoms with Crippen LogP contribution in [0.5, 0.6) is 5.75 Å². The maximum atomic E-state index is 14.5. The molecule has 2 unspecified atom stereocenters. The highest BCUT2D eigenvalue weighted by Gasteiger charge is 2.29. The van der Waals surface area contributed by atoms with Crippen molar-refractivity contribution >= 4 is 11.8 Å². The first-order chi connectivity index (χ1) is 19.3. The van der Waals surface area contributed by atoms with E-state index >= 15 is 0 Å². The third-order valence-electron chi connectivity index (χ3n) is 7.99. The number of benzene rings is 3. The molecule has 0 radical (unpaired) electrons. The van der Waals surface area contributed by atoms with Crippen LogP contribution < -0.4 is 10.1 Å². The van der Waals surface area contributed by atoms with Gasteiger partial charge >= 0.3 is 0 Å². The Hall–Kier alpha value is -3.97. The van der Waals surface area contributed by atoms with Gasteiger partial charge in [0.1, 0.15) is 17.7 Å². The molecule has 1 fully saturated rings. The Kier molecular flexibility index (Phi) is 8.31. The molecule has 7 heteroatoms. The Labute approximate surface area is 235 Å². The zero-order valence-electron chi connectivity index (χ0n) is 23.1. The zero-order valence-corrected chi connectivity index (χ0v) is 23.1. The number of nitrogens with zero attached hydrogens (tertiary/aromatic N) is 2. The van der Waals surface area contributed by atoms with Gasteiger partial charge in [-0.25, -0.2) is 4.39 Å². The van der Waals surface area contributed by atoms with E-state index in [4.69, 9.17) is 4.74 Å². The average molecular weight is 542 g/mol. The average Bonchev–Trinajstić information content (AvgIpc) is 3.37. The first-order valence-electron chi connectivity index (χ1n) is 13.9. The van der Waals surface area contributed by atoms with Gasteiger partial charge < -0.3 is 15.0 Å². The first-order valence-corrected chi connectivity index (χ1v) is 13.9. The molecule has 6 nitrogen and oxygen atoms in total. The van der Waals surface area contributed by atoms with Gasteiger partial charge in [0.15, 0.2) is 0 Å². The summed E-state index contributed by atoms with van der Waals surface area (Å²) in [5.74, 6) is 0.136. The highest BCUT2D eigenvalue weighted by atomic mass is 19.1. The van der Waals surface area contributed by atoms with Crippen LogP contribution in [0.15, 0.2) is 79.4 Å². The molecule has 1 aliphatic carbocycles. The Morgan fingerprint density at radius 2 is 1.90 bits per heavy atom. The van der Waals surface area contributed by atoms with Crippen LogP contribution in [0.25, 0.3) is 0 Å². The summed E-state index contributed by atoms with van der Waals surface area (Å²) < 4.78 is 20.9. The molecule has 2 amide bonds. The highest BCUT2D eigenvalue weighted by Crippen LogP contribution is 2.31. The summed E-state index contributed by atoms with van der Waals surface area (Å²) in [6.07, 6.45) is 2.78. The standard InChI is InChI=1S/C33H36FN3O3/c1-4-32(38)37-18-17-36(20-23(37)3)21-31(26-10-9-22(2)29(34)19-26)40-27-14-11-25(12-15-27)33(39)35-30-16-13-24-7-5-6-8-28(24)30/h4-12,14-15,19,23,30-31H,1,13,16-18,20-21H2,2-3H3,(H,35,39)/t23-,30?,31?/m1/s1. The van der Waals surface area contributed by atoms with Crippen LogP contribution in [0.3, 0.4) is 0 Å². The van der Waals surface area contributed by atoms with E-state index in [1.54, 1.807) is 37.3 Å². The Bertz CT molecular complexity index is 1390. The lowest BCUT2D eigenvalue weighted by Gasteiger charge is -2.40. The van der Waals surface area contributed by atoms with Crippen molar-refractivity contribution in [1.82, 2.24) is 15.1 Å². The van der Waals surface area contributed by atoms with Crippen molar-refractivity contribution in [2.75, 3.05) is 26.2 Å². The van der Waals surface area contributed by atoms with Crippen LogP contribution >= 0.6 is 0 Å². The monoisotopic (exact) mass is 541 g/mol. The second-order valence-corrected chi connectivity index (χ2v) is 10.7. The maximum Gasteiger partial charge on any atom is 0.251 e. The van der Waals surface area contributed by atoms with Crippen LogP contribution in [0.1, 0.15) is 58.1 Å². The van der Waals surface area contributed by atoms with Crippen molar-refractivity contribution in [3.05, 3.63) is 113 Å². The minimum absolute atomic E-state index is 0.0186. The molecule has 2 aliphatic rings. The van der Waals surface area contributed by atoms with Gasteiger partial charge in [0, 0.05) is 37.8 Å². The van der Waals surface area contributed by atoms with E-state index in [-0.39, 0.29) is 29.7 Å². The van der Waals surface area contributed by atoms with Gasteiger partial charge in [-0.15, -0.1) is 0 Å². The van der Waals surface area contributed by atoms with E-state index in [2.05, 4.69) is 28.9 Å². The Morgan fingerprint density at radius 1 is 1.12 bits per heavy atom. The molecule has 3 atom stereocenters. The van der Waals surface area contributed by atoms with E-state index in [9.17, 15) is 14.0 Å². The lowest BCUT2D eigenvalue weighted by molar-refractivity contribution is -0.130. The van der Waals surface area contributed by atoms with E-state index in [0.717, 1.165) is 18.4 Å². The second kappa shape index (κ2) is 12.0. The molecular weight excluding hydrogens is 505 g/mol. The maximum absolute atomic E-state index is 14.5. The van der Waals surface area contributed by atoms with Gasteiger partial charge in [-0.3, -0.25) is 14.5 Å². The molecule has 40 heavy (non-hydrogen) atoms. The number of hydrogen-bond acceptors (Lipinski definition) is 4. The Balaban J connectivity index is 1.28. The van der Waals surface area contributed by atoms with Gasteiger partial charge in [0.25, 0.3) is 5.91 Å². The predicted molar refractivity (Wildman–Crippen MR) is 154 cm³/mol. The lowest BCUT2D eigenvalue weighted by atomic mass is 10.0. The summed E-state index contributed by atoms with van der Waals surface area (Å²) in [4.78, 5) is 29.2. The number of aryl methyl sites for hydroxylation is 2. The van der Waals surface area contributed by atoms with Gasteiger partial charge in [-0.1, -0.05) is 43.0 Å². The molecule has 0 spiro atoms. The number of ether oxygens (including phenoxy) is 1. The number of halogens is 1. The largest absolute Gasteiger partial charge is 0.484 e. The van der Waals surface area contributed by atoms with Gasteiger partial charge in [0.2, 0.25) is 5.91 Å². The summed E-state index contributed by atoms with van der Waals surface area (Å²) in [7, 11) is 0. The smallest absolute Gasteiger partial charge is 0.251 e. The van der Waals surface area contributed by atoms with Gasteiger partial charge in [0.05, 0.1) is 6.04 Å². The summed E-state index contributed by atoms with van der Waals surface area (Å²) in [6.45, 7) is 9.85. The van der Waals surface area contributed by atoms with Crippen molar-refractivity contribution in [1.29, 1.82) is 0 Å². The summed E-state index contributed by atoms with van der Waals surface area (Å²) in [5, 5.41) is 3.16. The molecule has 3 aromatic rings. The fourth-order valence-corrected chi connectivity index (χ4v) is 5.70. The van der Waals surface area contributed by atoms with Crippen molar-refractivity contribution in [3.8, 4) is 5.75 Å². The number of hydrogen-bond donors (Lipinski definition) is 1. The number of amides is 2. The van der Waals surface area contributed by atoms with Crippen LogP contribution in [0, 0.1) is 12.7 Å². The fourth-order valence-electron chi connectivity index (χ4n) is 5.70. The van der Waals surface area contributed by atoms with E-state index in [0.29, 0.717) is 43.1 Å². The number of nitrogens with one attached hydrogen (secondary N) is 1. The third-order valence-corrected chi connectivity index (χ3v) is 7.99. The molecule has 1 heterocycles. The van der Waals surface area contributed by atoms with E-state index in [1.165, 1.54) is 23.3 Å². The molecule has 1 saturated heterocycles. The third kappa shape index (κ3) is 6.10. The van der Waals surface area contributed by atoms with Crippen LogP contribution in [-0.4, -0.2) is 53.8 Å². The van der Waals surface area contributed by atoms with Crippen LogP contribution in [0.2, 0.25) is 0 Å². The quantitative estimate of drug-likeness (QED) is 0.389. The first kappa shape index (κ1) is 27.6. The van der Waals surface area contributed by atoms with Gasteiger partial charge in [-0.05, 0) is 85.4 Å². The number of carbonyl (C=O) groups is 2. The number of carbonyl (C=O) groups excluding carboxylic acids is 2. The molecule has 0 aromatic heterocycles. The second-order valence-electron chi connectivity index (χ2n) is 10.7. The topological polar surface area (TPSA) is 61.9 Å². The molecule has 1 N–H and O–H groups in total. The minimum atomic E-state index is -0.432. The molecular formula is C33H36FN3O3. The van der Waals surface area contributed by atoms with Crippen molar-refractivity contribution in [3.63, 3.8) is 0 Å². The van der Waals surface area contributed by atoms with E-state index < -0.39 is 6.10 Å². The van der Waals surface area contributed by atoms with Crippen LogP contribution in [-0.2, 0) is 11.2 Å². The van der Waals surface area contributed by atoms with Crippen molar-refractivity contribution in [2.45, 2.75) is 44.9 Å². The highest BCUT2D eigenvalue weighted by molar-refractivity contribution is 5.94. The zero-order chi connectivity index (χ0) is 28.2. The Morgan fingerprint density at radius 3 is 2.62 bits per heavy atom. The van der Waals surface area contributed by atoms with E-state index in [1.807, 2.05) is 30.0 Å². The molecule has 1 aliphatic heterocycles. The SMILES string of the molecule is C=CC(=O)N1CCN(CC(Oc2ccc(C(=O)NC3CCc4ccccc43)cc2)c2ccc(C)c(F)c2)C[C@H]1C. The molecule has 0 bridgehead atoms. The molecule has 0 saturated carbocycles. The number of fused-ring (bicyclic) bond motifs is 1. The summed E-state index contributed by atoms with van der Waals surface area (Å²) in [6, 6.07) is 20.6. The normalized spacial score (nSPS) is 19.5. The van der Waals surface area contributed by atoms with Crippen LogP contribution in [0.4, 0.5) is 4.39 Å². The van der Waals surface area contributed by atoms with Crippen molar-refractivity contribution < 1.29 is 18.7 Å². The summed E-state index contributed by atoms with van der Waals surface area (Å²) in [5.41, 5.74) is 4.35. The fraction of sp³-hybridized carbons (Fsp3) is 0.333. The predicted octanol–water partition coefficient (Wildman–Crippen LogP) is 5.39. The van der Waals surface area contributed by atoms with Crippen molar-refractivity contribution in [2.24, 2.45) is 0 Å². The summed E-state index contributed by atoms with van der Waals surface area (Å²) >= 11 is 0. The number of piperazine rings is 1. The molecule has 208 valence electrons. The molecule has 5 rings (SSSR count).